The summed E-state index contributed by atoms with van der Waals surface area (Å²) >= 11 is 17.2. The molecule has 0 saturated carbocycles. The fraction of sp³-hybridized carbons (Fsp3) is 0.159. The topological polar surface area (TPSA) is 198 Å². The molecule has 0 amide bonds. The van der Waals surface area contributed by atoms with Crippen LogP contribution in [0.2, 0.25) is 15.5 Å². The summed E-state index contributed by atoms with van der Waals surface area (Å²) < 4.78 is 50.8. The van der Waals surface area contributed by atoms with Crippen molar-refractivity contribution in [1.82, 2.24) is 29.9 Å². The summed E-state index contributed by atoms with van der Waals surface area (Å²) in [5.74, 6) is 1.28. The van der Waals surface area contributed by atoms with Crippen LogP contribution in [-0.2, 0) is 33.4 Å². The van der Waals surface area contributed by atoms with E-state index >= 15 is 0 Å². The maximum Gasteiger partial charge on any atom is 0.293 e. The smallest absolute Gasteiger partial charge is 0.293 e. The molecule has 1 unspecified atom stereocenters. The van der Waals surface area contributed by atoms with Crippen LogP contribution in [0.4, 0.5) is 4.39 Å². The Labute approximate surface area is 386 Å². The number of aromatic nitrogens is 6. The molecule has 0 N–H and O–H groups in total. The van der Waals surface area contributed by atoms with Crippen molar-refractivity contribution < 1.29 is 52.0 Å². The summed E-state index contributed by atoms with van der Waals surface area (Å²) in [7, 11) is 1.51. The molecule has 1 atom stereocenters. The minimum atomic E-state index is -0.843. The Morgan fingerprint density at radius 1 is 0.754 bits per heavy atom. The Morgan fingerprint density at radius 3 is 1.95 bits per heavy atom. The van der Waals surface area contributed by atoms with Gasteiger partial charge in [0.25, 0.3) is 24.7 Å². The van der Waals surface area contributed by atoms with Gasteiger partial charge in [-0.25, -0.2) is 24.9 Å². The molecule has 3 aromatic carbocycles. The highest BCUT2D eigenvalue weighted by Crippen LogP contribution is 2.34. The number of para-hydroxylation sites is 3. The number of ether oxygens (including phenoxy) is 7. The SMILES string of the molecule is C=C(C1=NOCCO1)c1ccccc1Oc1ncnc(Cl)c1F.CC(COC=O)c1ccccc1Oc1cc(Cl)ncn1.CO/C=C(/COC=O)c1ccccc1Oc1cc(Cl)ncn1. The molecule has 0 spiro atoms. The first-order chi connectivity index (χ1) is 31.6. The molecule has 1 aliphatic rings. The van der Waals surface area contributed by atoms with Crippen LogP contribution in [0.25, 0.3) is 11.1 Å². The first-order valence-corrected chi connectivity index (χ1v) is 20.0. The lowest BCUT2D eigenvalue weighted by Crippen LogP contribution is -2.17. The molecule has 21 heteroatoms. The standard InChI is InChI=1S/C15H11ClFN3O3.C15H13ClN2O4.C14H13ClN2O3/c1-9(14-20-22-7-6-21-14)10-4-2-3-5-11(10)23-15-12(17)13(16)18-8-19-15;1-20-7-11(8-21-10-19)12-4-2-3-5-13(12)22-15-6-14(16)17-9-18-15;1-10(7-19-9-18)11-4-2-3-5-12(11)20-14-6-13(15)16-8-17-14/h2-5,8H,1,6-7H2;2-7,9-10H,8H2,1H3;2-6,8-10H,7H2,1H3/b;11-7-;. The molecular weight excluding hydrogens is 912 g/mol. The molecule has 7 rings (SSSR count). The maximum atomic E-state index is 13.9. The predicted molar refractivity (Wildman–Crippen MR) is 236 cm³/mol. The maximum absolute atomic E-state index is 13.9. The number of carbonyl (C=O) groups excluding carboxylic acids is 2. The van der Waals surface area contributed by atoms with E-state index < -0.39 is 5.82 Å². The number of methoxy groups -OCH3 is 1. The minimum Gasteiger partial charge on any atom is -0.504 e. The summed E-state index contributed by atoms with van der Waals surface area (Å²) in [5, 5.41) is 4.07. The van der Waals surface area contributed by atoms with E-state index in [-0.39, 0.29) is 41.2 Å². The normalized spacial score (nSPS) is 12.1. The molecule has 0 fully saturated rings. The van der Waals surface area contributed by atoms with Gasteiger partial charge in [-0.2, -0.15) is 9.37 Å². The molecule has 0 aliphatic carbocycles. The van der Waals surface area contributed by atoms with E-state index in [1.165, 1.54) is 38.2 Å². The minimum absolute atomic E-state index is 0.00806. The van der Waals surface area contributed by atoms with Crippen molar-refractivity contribution in [3.8, 4) is 34.9 Å². The zero-order valence-corrected chi connectivity index (χ0v) is 36.7. The molecule has 3 aromatic heterocycles. The van der Waals surface area contributed by atoms with Crippen LogP contribution >= 0.6 is 34.8 Å². The summed E-state index contributed by atoms with van der Waals surface area (Å²) in [5.41, 5.74) is 3.28. The summed E-state index contributed by atoms with van der Waals surface area (Å²) in [6.45, 7) is 7.76. The van der Waals surface area contributed by atoms with Gasteiger partial charge in [0.05, 0.1) is 20.0 Å². The molecule has 6 aromatic rings. The lowest BCUT2D eigenvalue weighted by atomic mass is 10.0. The number of oxime groups is 1. The summed E-state index contributed by atoms with van der Waals surface area (Å²) in [4.78, 5) is 48.5. The van der Waals surface area contributed by atoms with Crippen LogP contribution in [0.3, 0.4) is 0 Å². The van der Waals surface area contributed by atoms with E-state index in [1.54, 1.807) is 30.3 Å². The zero-order chi connectivity index (χ0) is 46.4. The van der Waals surface area contributed by atoms with Crippen LogP contribution in [0.15, 0.2) is 122 Å². The van der Waals surface area contributed by atoms with Gasteiger partial charge < -0.3 is 38.0 Å². The number of hydrogen-bond acceptors (Lipinski definition) is 17. The van der Waals surface area contributed by atoms with E-state index in [0.29, 0.717) is 82.6 Å². The Kier molecular flexibility index (Phi) is 19.2. The number of carbonyl (C=O) groups is 2. The Hall–Kier alpha value is -7.41. The molecule has 0 radical (unpaired) electrons. The van der Waals surface area contributed by atoms with Gasteiger partial charge in [-0.05, 0) is 23.4 Å². The lowest BCUT2D eigenvalue weighted by molar-refractivity contribution is -0.129. The highest BCUT2D eigenvalue weighted by Gasteiger charge is 2.20. The van der Waals surface area contributed by atoms with Crippen molar-refractivity contribution >= 4 is 64.8 Å². The largest absolute Gasteiger partial charge is 0.504 e. The van der Waals surface area contributed by atoms with Crippen molar-refractivity contribution in [3.05, 3.63) is 155 Å². The second kappa shape index (κ2) is 25.6. The van der Waals surface area contributed by atoms with Gasteiger partial charge in [0.15, 0.2) is 11.8 Å². The van der Waals surface area contributed by atoms with Gasteiger partial charge in [-0.15, -0.1) is 0 Å². The quantitative estimate of drug-likeness (QED) is 0.0475. The second-order valence-corrected chi connectivity index (χ2v) is 13.8. The van der Waals surface area contributed by atoms with E-state index in [0.717, 1.165) is 11.9 Å². The molecule has 0 saturated heterocycles. The van der Waals surface area contributed by atoms with Crippen LogP contribution in [0, 0.1) is 5.82 Å². The number of halogens is 4. The number of hydrogen-bond donors (Lipinski definition) is 0. The molecular formula is C44H37Cl3FN7O10. The summed E-state index contributed by atoms with van der Waals surface area (Å²) in [6.07, 6.45) is 5.24. The van der Waals surface area contributed by atoms with Crippen LogP contribution < -0.4 is 14.2 Å². The highest BCUT2D eigenvalue weighted by atomic mass is 35.5. The lowest BCUT2D eigenvalue weighted by Gasteiger charge is -2.17. The summed E-state index contributed by atoms with van der Waals surface area (Å²) in [6, 6.07) is 24.6. The molecule has 1 aliphatic heterocycles. The van der Waals surface area contributed by atoms with Gasteiger partial charge in [0, 0.05) is 45.9 Å². The van der Waals surface area contributed by atoms with E-state index in [1.807, 2.05) is 49.4 Å². The third-order valence-electron chi connectivity index (χ3n) is 8.26. The number of nitrogens with zero attached hydrogens (tertiary/aromatic N) is 7. The highest BCUT2D eigenvalue weighted by molar-refractivity contribution is 6.30. The zero-order valence-electron chi connectivity index (χ0n) is 34.4. The number of benzene rings is 3. The Morgan fingerprint density at radius 2 is 1.34 bits per heavy atom. The van der Waals surface area contributed by atoms with Crippen LogP contribution in [0.5, 0.6) is 34.9 Å². The fourth-order valence-corrected chi connectivity index (χ4v) is 5.76. The van der Waals surface area contributed by atoms with Gasteiger partial charge in [-0.3, -0.25) is 9.59 Å². The van der Waals surface area contributed by atoms with E-state index in [4.69, 9.17) is 72.8 Å². The fourth-order valence-electron chi connectivity index (χ4n) is 5.37. The van der Waals surface area contributed by atoms with Gasteiger partial charge >= 0.3 is 0 Å². The van der Waals surface area contributed by atoms with Crippen molar-refractivity contribution in [2.45, 2.75) is 12.8 Å². The molecule has 4 heterocycles. The van der Waals surface area contributed by atoms with Crippen LogP contribution in [-0.4, -0.2) is 82.3 Å². The third-order valence-corrected chi connectivity index (χ3v) is 8.94. The average molecular weight is 949 g/mol. The number of rotatable bonds is 17. The van der Waals surface area contributed by atoms with Gasteiger partial charge in [0.2, 0.25) is 17.6 Å². The van der Waals surface area contributed by atoms with E-state index in [9.17, 15) is 14.0 Å². The molecule has 0 bridgehead atoms. The van der Waals surface area contributed by atoms with E-state index in [2.05, 4.69) is 41.6 Å². The van der Waals surface area contributed by atoms with Crippen LogP contribution in [0.1, 0.15) is 29.5 Å². The third kappa shape index (κ3) is 14.8. The van der Waals surface area contributed by atoms with Gasteiger partial charge in [-0.1, -0.05) is 103 Å². The second-order valence-electron chi connectivity index (χ2n) is 12.7. The first-order valence-electron chi connectivity index (χ1n) is 18.9. The first kappa shape index (κ1) is 48.6. The molecule has 65 heavy (non-hydrogen) atoms. The molecule has 336 valence electrons. The van der Waals surface area contributed by atoms with Crippen molar-refractivity contribution in [2.24, 2.45) is 5.16 Å². The van der Waals surface area contributed by atoms with Gasteiger partial charge in [0.1, 0.15) is 59.8 Å². The Balaban J connectivity index is 0.000000184. The van der Waals surface area contributed by atoms with Crippen molar-refractivity contribution in [3.63, 3.8) is 0 Å². The Bertz CT molecular complexity index is 2610. The molecule has 17 nitrogen and oxygen atoms in total. The monoisotopic (exact) mass is 947 g/mol. The average Bonchev–Trinajstić information content (AvgIpc) is 3.32. The predicted octanol–water partition coefficient (Wildman–Crippen LogP) is 9.72. The van der Waals surface area contributed by atoms with Crippen molar-refractivity contribution in [2.75, 3.05) is 33.5 Å². The van der Waals surface area contributed by atoms with Crippen molar-refractivity contribution in [1.29, 1.82) is 0 Å².